The number of amides is 2. The number of nitrogens with one attached hydrogen (secondary N) is 1. The van der Waals surface area contributed by atoms with E-state index >= 15 is 0 Å². The Balaban J connectivity index is 1.77. The Morgan fingerprint density at radius 2 is 1.41 bits per heavy atom. The lowest BCUT2D eigenvalue weighted by Crippen LogP contribution is -2.53. The Morgan fingerprint density at radius 3 is 2.00 bits per heavy atom. The predicted octanol–water partition coefficient (Wildman–Crippen LogP) is 5.17. The molecule has 4 rings (SSSR count). The lowest BCUT2D eigenvalue weighted by atomic mass is 10.0. The number of hydrogen-bond donors (Lipinski definition) is 1. The summed E-state index contributed by atoms with van der Waals surface area (Å²) in [5, 5.41) is 2.63. The first-order valence-electron chi connectivity index (χ1n) is 12.8. The molecule has 1 N–H and O–H groups in total. The highest BCUT2D eigenvalue weighted by Gasteiger charge is 2.34. The van der Waals surface area contributed by atoms with E-state index in [1.807, 2.05) is 30.3 Å². The van der Waals surface area contributed by atoms with Crippen molar-refractivity contribution in [2.45, 2.75) is 23.9 Å². The molecule has 0 unspecified atom stereocenters. The largest absolute Gasteiger partial charge is 0.357 e. The number of benzene rings is 4. The molecule has 0 bridgehead atoms. The van der Waals surface area contributed by atoms with Crippen molar-refractivity contribution in [2.24, 2.45) is 0 Å². The van der Waals surface area contributed by atoms with Crippen LogP contribution < -0.4 is 9.62 Å². The summed E-state index contributed by atoms with van der Waals surface area (Å²) in [5.41, 5.74) is 1.69. The van der Waals surface area contributed by atoms with Crippen LogP contribution in [-0.4, -0.2) is 44.8 Å². The Hall–Kier alpha value is -4.02. The van der Waals surface area contributed by atoms with E-state index in [-0.39, 0.29) is 23.5 Å². The van der Waals surface area contributed by atoms with Gasteiger partial charge in [-0.3, -0.25) is 13.9 Å². The molecule has 41 heavy (non-hydrogen) atoms. The van der Waals surface area contributed by atoms with Gasteiger partial charge in [-0.15, -0.1) is 0 Å². The van der Waals surface area contributed by atoms with Crippen molar-refractivity contribution in [1.29, 1.82) is 0 Å². The standard InChI is InChI=1S/C31H29BrFN3O4S/c1-34-31(38)29(20-23-8-4-2-5-9-23)35(21-24-12-16-26(33)17-13-24)30(37)22-36(27-18-14-25(32)15-19-27)41(39,40)28-10-6-3-7-11-28/h2-19,29H,20-22H2,1H3,(H,34,38)/t29-/m0/s1. The fourth-order valence-corrected chi connectivity index (χ4v) is 6.06. The van der Waals surface area contributed by atoms with Crippen LogP contribution in [0.2, 0.25) is 0 Å². The van der Waals surface area contributed by atoms with Gasteiger partial charge in [-0.1, -0.05) is 76.6 Å². The molecule has 0 aromatic heterocycles. The van der Waals surface area contributed by atoms with Crippen LogP contribution in [0.25, 0.3) is 0 Å². The summed E-state index contributed by atoms with van der Waals surface area (Å²) < 4.78 is 43.1. The minimum atomic E-state index is -4.16. The normalized spacial score (nSPS) is 11.9. The molecule has 0 saturated heterocycles. The van der Waals surface area contributed by atoms with Crippen molar-refractivity contribution in [3.63, 3.8) is 0 Å². The summed E-state index contributed by atoms with van der Waals surface area (Å²) in [6.07, 6.45) is 0.192. The van der Waals surface area contributed by atoms with Gasteiger partial charge in [0.2, 0.25) is 11.8 Å². The van der Waals surface area contributed by atoms with Gasteiger partial charge in [0.25, 0.3) is 10.0 Å². The van der Waals surface area contributed by atoms with Crippen molar-refractivity contribution in [2.75, 3.05) is 17.9 Å². The van der Waals surface area contributed by atoms with Crippen LogP contribution in [0.3, 0.4) is 0 Å². The van der Waals surface area contributed by atoms with Gasteiger partial charge in [0.15, 0.2) is 0 Å². The highest BCUT2D eigenvalue weighted by molar-refractivity contribution is 9.10. The number of anilines is 1. The van der Waals surface area contributed by atoms with Crippen LogP contribution in [-0.2, 0) is 32.6 Å². The number of carbonyl (C=O) groups excluding carboxylic acids is 2. The Bertz CT molecular complexity index is 1570. The van der Waals surface area contributed by atoms with Gasteiger partial charge < -0.3 is 10.2 Å². The van der Waals surface area contributed by atoms with Gasteiger partial charge in [0, 0.05) is 24.5 Å². The maximum atomic E-state index is 14.2. The Kier molecular flexibility index (Phi) is 9.91. The first kappa shape index (κ1) is 30.0. The molecule has 4 aromatic carbocycles. The third-order valence-electron chi connectivity index (χ3n) is 6.51. The van der Waals surface area contributed by atoms with Crippen molar-refractivity contribution in [3.8, 4) is 0 Å². The topological polar surface area (TPSA) is 86.8 Å². The second-order valence-corrected chi connectivity index (χ2v) is 12.0. The summed E-state index contributed by atoms with van der Waals surface area (Å²) in [6.45, 7) is -0.605. The Labute approximate surface area is 247 Å². The second-order valence-electron chi connectivity index (χ2n) is 9.27. The monoisotopic (exact) mass is 637 g/mol. The average Bonchev–Trinajstić information content (AvgIpc) is 2.99. The molecule has 7 nitrogen and oxygen atoms in total. The summed E-state index contributed by atoms with van der Waals surface area (Å²) in [5.74, 6) is -1.44. The zero-order valence-electron chi connectivity index (χ0n) is 22.3. The molecular formula is C31H29BrFN3O4S. The number of nitrogens with zero attached hydrogens (tertiary/aromatic N) is 2. The molecular weight excluding hydrogens is 609 g/mol. The number of hydrogen-bond acceptors (Lipinski definition) is 4. The van der Waals surface area contributed by atoms with Crippen LogP contribution in [0.1, 0.15) is 11.1 Å². The fourth-order valence-electron chi connectivity index (χ4n) is 4.36. The van der Waals surface area contributed by atoms with E-state index in [1.54, 1.807) is 42.5 Å². The first-order valence-corrected chi connectivity index (χ1v) is 15.0. The number of halogens is 2. The molecule has 4 aromatic rings. The van der Waals surface area contributed by atoms with E-state index in [0.29, 0.717) is 5.56 Å². The third kappa shape index (κ3) is 7.59. The fraction of sp³-hybridized carbons (Fsp3) is 0.161. The maximum Gasteiger partial charge on any atom is 0.264 e. The van der Waals surface area contributed by atoms with Crippen LogP contribution in [0.4, 0.5) is 10.1 Å². The molecule has 0 saturated carbocycles. The lowest BCUT2D eigenvalue weighted by Gasteiger charge is -2.33. The van der Waals surface area contributed by atoms with Gasteiger partial charge in [-0.25, -0.2) is 12.8 Å². The van der Waals surface area contributed by atoms with Gasteiger partial charge in [-0.05, 0) is 59.7 Å². The number of likely N-dealkylation sites (N-methyl/N-ethyl adjacent to an activating group) is 1. The van der Waals surface area contributed by atoms with E-state index in [9.17, 15) is 22.4 Å². The van der Waals surface area contributed by atoms with E-state index < -0.39 is 40.2 Å². The highest BCUT2D eigenvalue weighted by Crippen LogP contribution is 2.26. The quantitative estimate of drug-likeness (QED) is 0.246. The molecule has 0 aliphatic rings. The van der Waals surface area contributed by atoms with Gasteiger partial charge >= 0.3 is 0 Å². The predicted molar refractivity (Wildman–Crippen MR) is 160 cm³/mol. The minimum absolute atomic E-state index is 0.0212. The van der Waals surface area contributed by atoms with E-state index in [0.717, 1.165) is 14.3 Å². The molecule has 2 amide bonds. The molecule has 0 spiro atoms. The first-order chi connectivity index (χ1) is 19.7. The van der Waals surface area contributed by atoms with Gasteiger partial charge in [0.05, 0.1) is 10.6 Å². The van der Waals surface area contributed by atoms with Gasteiger partial charge in [-0.2, -0.15) is 0 Å². The number of rotatable bonds is 11. The van der Waals surface area contributed by atoms with Crippen LogP contribution in [0.15, 0.2) is 119 Å². The highest BCUT2D eigenvalue weighted by atomic mass is 79.9. The Morgan fingerprint density at radius 1 is 0.829 bits per heavy atom. The van der Waals surface area contributed by atoms with E-state index in [4.69, 9.17) is 0 Å². The average molecular weight is 639 g/mol. The molecule has 0 heterocycles. The van der Waals surface area contributed by atoms with Crippen LogP contribution >= 0.6 is 15.9 Å². The SMILES string of the molecule is CNC(=O)[C@H](Cc1ccccc1)N(Cc1ccc(F)cc1)C(=O)CN(c1ccc(Br)cc1)S(=O)(=O)c1ccccc1. The lowest BCUT2D eigenvalue weighted by molar-refractivity contribution is -0.139. The van der Waals surface area contributed by atoms with Crippen LogP contribution in [0.5, 0.6) is 0 Å². The van der Waals surface area contributed by atoms with E-state index in [2.05, 4.69) is 21.2 Å². The minimum Gasteiger partial charge on any atom is -0.357 e. The smallest absolute Gasteiger partial charge is 0.264 e. The molecule has 1 atom stereocenters. The van der Waals surface area contributed by atoms with Crippen molar-refractivity contribution in [1.82, 2.24) is 10.2 Å². The molecule has 0 aliphatic carbocycles. The van der Waals surface area contributed by atoms with E-state index in [1.165, 1.54) is 48.3 Å². The third-order valence-corrected chi connectivity index (χ3v) is 8.83. The summed E-state index contributed by atoms with van der Waals surface area (Å²) in [4.78, 5) is 28.7. The maximum absolute atomic E-state index is 14.2. The van der Waals surface area contributed by atoms with Gasteiger partial charge in [0.1, 0.15) is 18.4 Å². The molecule has 0 aliphatic heterocycles. The number of sulfonamides is 1. The zero-order valence-corrected chi connectivity index (χ0v) is 24.7. The summed E-state index contributed by atoms with van der Waals surface area (Å²) in [7, 11) is -2.68. The zero-order chi connectivity index (χ0) is 29.4. The summed E-state index contributed by atoms with van der Waals surface area (Å²) in [6, 6.07) is 28.3. The second kappa shape index (κ2) is 13.6. The van der Waals surface area contributed by atoms with Crippen molar-refractivity contribution in [3.05, 3.63) is 131 Å². The van der Waals surface area contributed by atoms with Crippen molar-refractivity contribution < 1.29 is 22.4 Å². The summed E-state index contributed by atoms with van der Waals surface area (Å²) >= 11 is 3.37. The number of carbonyl (C=O) groups is 2. The molecule has 212 valence electrons. The molecule has 0 fully saturated rings. The van der Waals surface area contributed by atoms with Crippen LogP contribution in [0, 0.1) is 5.82 Å². The van der Waals surface area contributed by atoms with Crippen molar-refractivity contribution >= 4 is 43.5 Å². The molecule has 10 heteroatoms. The molecule has 0 radical (unpaired) electrons.